The van der Waals surface area contributed by atoms with Gasteiger partial charge in [-0.25, -0.2) is 0 Å². The van der Waals surface area contributed by atoms with Gasteiger partial charge in [0.25, 0.3) is 5.91 Å². The van der Waals surface area contributed by atoms with Gasteiger partial charge in [-0.15, -0.1) is 11.3 Å². The Balaban J connectivity index is 2.39. The van der Waals surface area contributed by atoms with Gasteiger partial charge in [0.2, 0.25) is 0 Å². The highest BCUT2D eigenvalue weighted by molar-refractivity contribution is 7.12. The minimum Gasteiger partial charge on any atom is -0.398 e. The zero-order valence-electron chi connectivity index (χ0n) is 7.25. The summed E-state index contributed by atoms with van der Waals surface area (Å²) < 4.78 is 0. The zero-order valence-corrected chi connectivity index (χ0v) is 8.06. The Morgan fingerprint density at radius 3 is 2.69 bits per heavy atom. The first-order valence-electron chi connectivity index (χ1n) is 4.37. The number of anilines is 1. The summed E-state index contributed by atoms with van der Waals surface area (Å²) in [6.45, 7) is 0. The van der Waals surface area contributed by atoms with Crippen molar-refractivity contribution in [3.05, 3.63) is 15.8 Å². The van der Waals surface area contributed by atoms with Crippen LogP contribution in [0.4, 0.5) is 5.69 Å². The molecule has 4 N–H and O–H groups in total. The number of carbonyl (C=O) groups excluding carboxylic acids is 1. The summed E-state index contributed by atoms with van der Waals surface area (Å²) in [6, 6.07) is 0. The molecule has 1 saturated carbocycles. The van der Waals surface area contributed by atoms with Gasteiger partial charge in [-0.2, -0.15) is 0 Å². The number of thiophene rings is 1. The molecule has 1 amide bonds. The van der Waals surface area contributed by atoms with Crippen LogP contribution in [0.5, 0.6) is 0 Å². The average molecular weight is 196 g/mol. The quantitative estimate of drug-likeness (QED) is 0.755. The Morgan fingerprint density at radius 1 is 1.54 bits per heavy atom. The first-order valence-corrected chi connectivity index (χ1v) is 5.24. The molecule has 1 aliphatic carbocycles. The van der Waals surface area contributed by atoms with Crippen molar-refractivity contribution in [1.29, 1.82) is 0 Å². The molecule has 70 valence electrons. The van der Waals surface area contributed by atoms with Crippen LogP contribution in [0.25, 0.3) is 0 Å². The van der Waals surface area contributed by atoms with E-state index in [2.05, 4.69) is 0 Å². The molecule has 0 saturated heterocycles. The molecule has 3 nitrogen and oxygen atoms in total. The minimum absolute atomic E-state index is 0.344. The fraction of sp³-hybridized carbons (Fsp3) is 0.444. The molecule has 0 bridgehead atoms. The maximum absolute atomic E-state index is 11.1. The molecular formula is C9H12N2OS. The summed E-state index contributed by atoms with van der Waals surface area (Å²) in [4.78, 5) is 11.7. The molecule has 0 aromatic carbocycles. The van der Waals surface area contributed by atoms with Gasteiger partial charge >= 0.3 is 0 Å². The number of nitrogen functional groups attached to an aromatic ring is 1. The first-order chi connectivity index (χ1) is 6.20. The highest BCUT2D eigenvalue weighted by Gasteiger charge is 2.27. The first kappa shape index (κ1) is 8.56. The molecular weight excluding hydrogens is 184 g/mol. The maximum Gasteiger partial charge on any atom is 0.259 e. The summed E-state index contributed by atoms with van der Waals surface area (Å²) in [5, 5.41) is 1.81. The standard InChI is InChI=1S/C9H12N2OS/c10-6-4-13-8(9(11)12)7(6)5-2-1-3-5/h4-5H,1-3,10H2,(H2,11,12). The summed E-state index contributed by atoms with van der Waals surface area (Å²) in [5.74, 6) is 0.136. The van der Waals surface area contributed by atoms with Gasteiger partial charge in [0.05, 0.1) is 4.88 Å². The van der Waals surface area contributed by atoms with Crippen molar-refractivity contribution in [2.24, 2.45) is 5.73 Å². The predicted octanol–water partition coefficient (Wildman–Crippen LogP) is 1.70. The van der Waals surface area contributed by atoms with Gasteiger partial charge in [0, 0.05) is 16.6 Å². The van der Waals surface area contributed by atoms with E-state index in [0.29, 0.717) is 10.8 Å². The molecule has 1 aromatic rings. The lowest BCUT2D eigenvalue weighted by atomic mass is 9.79. The molecule has 1 heterocycles. The molecule has 2 rings (SSSR count). The zero-order chi connectivity index (χ0) is 9.42. The van der Waals surface area contributed by atoms with Crippen molar-refractivity contribution >= 4 is 22.9 Å². The van der Waals surface area contributed by atoms with Crippen molar-refractivity contribution < 1.29 is 4.79 Å². The number of rotatable bonds is 2. The molecule has 0 unspecified atom stereocenters. The third-order valence-electron chi connectivity index (χ3n) is 2.60. The molecule has 0 aliphatic heterocycles. The van der Waals surface area contributed by atoms with Crippen LogP contribution in [0, 0.1) is 0 Å². The van der Waals surface area contributed by atoms with Crippen molar-refractivity contribution in [1.82, 2.24) is 0 Å². The van der Waals surface area contributed by atoms with Crippen LogP contribution in [0.3, 0.4) is 0 Å². The van der Waals surface area contributed by atoms with Crippen LogP contribution in [-0.2, 0) is 0 Å². The molecule has 1 aliphatic rings. The lowest BCUT2D eigenvalue weighted by molar-refractivity contribution is 0.100. The number of primary amides is 1. The van der Waals surface area contributed by atoms with E-state index in [1.807, 2.05) is 5.38 Å². The topological polar surface area (TPSA) is 69.1 Å². The van der Waals surface area contributed by atoms with E-state index in [9.17, 15) is 4.79 Å². The van der Waals surface area contributed by atoms with Crippen molar-refractivity contribution in [2.45, 2.75) is 25.2 Å². The highest BCUT2D eigenvalue weighted by Crippen LogP contribution is 2.42. The smallest absolute Gasteiger partial charge is 0.259 e. The Kier molecular flexibility index (Phi) is 2.00. The normalized spacial score (nSPS) is 16.9. The molecule has 13 heavy (non-hydrogen) atoms. The van der Waals surface area contributed by atoms with Crippen molar-refractivity contribution in [3.8, 4) is 0 Å². The van der Waals surface area contributed by atoms with Gasteiger partial charge in [-0.05, 0) is 18.8 Å². The van der Waals surface area contributed by atoms with E-state index in [1.165, 1.54) is 17.8 Å². The third-order valence-corrected chi connectivity index (χ3v) is 3.63. The molecule has 1 fully saturated rings. The Morgan fingerprint density at radius 2 is 2.23 bits per heavy atom. The molecule has 0 radical (unpaired) electrons. The number of amides is 1. The van der Waals surface area contributed by atoms with Crippen molar-refractivity contribution in [3.63, 3.8) is 0 Å². The van der Waals surface area contributed by atoms with Gasteiger partial charge in [-0.1, -0.05) is 6.42 Å². The largest absolute Gasteiger partial charge is 0.398 e. The van der Waals surface area contributed by atoms with E-state index < -0.39 is 0 Å². The van der Waals surface area contributed by atoms with E-state index >= 15 is 0 Å². The highest BCUT2D eigenvalue weighted by atomic mass is 32.1. The second-order valence-corrected chi connectivity index (χ2v) is 4.31. The number of nitrogens with two attached hydrogens (primary N) is 2. The Labute approximate surface area is 80.7 Å². The number of carbonyl (C=O) groups is 1. The second kappa shape index (κ2) is 3.03. The van der Waals surface area contributed by atoms with Crippen molar-refractivity contribution in [2.75, 3.05) is 5.73 Å². The second-order valence-electron chi connectivity index (χ2n) is 3.43. The predicted molar refractivity (Wildman–Crippen MR) is 53.8 cm³/mol. The summed E-state index contributed by atoms with van der Waals surface area (Å²) >= 11 is 1.36. The van der Waals surface area contributed by atoms with E-state index in [1.54, 1.807) is 0 Å². The average Bonchev–Trinajstić information content (AvgIpc) is 2.30. The van der Waals surface area contributed by atoms with Gasteiger partial charge in [0.1, 0.15) is 0 Å². The molecule has 0 spiro atoms. The SMILES string of the molecule is NC(=O)c1scc(N)c1C1CCC1. The van der Waals surface area contributed by atoms with Crippen LogP contribution in [0.15, 0.2) is 5.38 Å². The van der Waals surface area contributed by atoms with E-state index in [0.717, 1.165) is 24.1 Å². The molecule has 4 heteroatoms. The van der Waals surface area contributed by atoms with Crippen LogP contribution < -0.4 is 11.5 Å². The summed E-state index contributed by atoms with van der Waals surface area (Å²) in [7, 11) is 0. The van der Waals surface area contributed by atoms with Gasteiger partial charge in [0.15, 0.2) is 0 Å². The summed E-state index contributed by atoms with van der Waals surface area (Å²) in [6.07, 6.45) is 3.51. The van der Waals surface area contributed by atoms with Gasteiger partial charge < -0.3 is 11.5 Å². The monoisotopic (exact) mass is 196 g/mol. The number of hydrogen-bond acceptors (Lipinski definition) is 3. The Bertz CT molecular complexity index is 341. The molecule has 0 atom stereocenters. The van der Waals surface area contributed by atoms with Crippen LogP contribution in [0.1, 0.15) is 40.4 Å². The molecule has 1 aromatic heterocycles. The van der Waals surface area contributed by atoms with E-state index in [4.69, 9.17) is 11.5 Å². The minimum atomic E-state index is -0.344. The van der Waals surface area contributed by atoms with Crippen LogP contribution in [-0.4, -0.2) is 5.91 Å². The van der Waals surface area contributed by atoms with E-state index in [-0.39, 0.29) is 5.91 Å². The fourth-order valence-electron chi connectivity index (χ4n) is 1.69. The fourth-order valence-corrected chi connectivity index (χ4v) is 2.59. The van der Waals surface area contributed by atoms with Crippen LogP contribution >= 0.6 is 11.3 Å². The maximum atomic E-state index is 11.1. The van der Waals surface area contributed by atoms with Crippen LogP contribution in [0.2, 0.25) is 0 Å². The number of hydrogen-bond donors (Lipinski definition) is 2. The Hall–Kier alpha value is -1.03. The van der Waals surface area contributed by atoms with Gasteiger partial charge in [-0.3, -0.25) is 4.79 Å². The lowest BCUT2D eigenvalue weighted by Gasteiger charge is -2.26. The third kappa shape index (κ3) is 1.31. The summed E-state index contributed by atoms with van der Waals surface area (Å²) in [5.41, 5.74) is 12.8. The lowest BCUT2D eigenvalue weighted by Crippen LogP contribution is -2.17.